The van der Waals surface area contributed by atoms with Gasteiger partial charge in [0.25, 0.3) is 0 Å². The third-order valence-electron chi connectivity index (χ3n) is 16.0. The van der Waals surface area contributed by atoms with Gasteiger partial charge in [0.2, 0.25) is 41.4 Å². The molecule has 4 fully saturated rings. The molecule has 1 aromatic carbocycles. The summed E-state index contributed by atoms with van der Waals surface area (Å²) in [6, 6.07) is 7.06. The van der Waals surface area contributed by atoms with Gasteiger partial charge in [0, 0.05) is 129 Å². The first-order chi connectivity index (χ1) is 38.9. The second-order valence-corrected chi connectivity index (χ2v) is 27.1. The van der Waals surface area contributed by atoms with Crippen molar-refractivity contribution in [1.82, 2.24) is 14.7 Å². The van der Waals surface area contributed by atoms with Gasteiger partial charge >= 0.3 is 0 Å². The maximum absolute atomic E-state index is 12.3. The van der Waals surface area contributed by atoms with E-state index in [1.165, 1.54) is 14.7 Å². The normalized spacial score (nSPS) is 18.9. The Kier molecular flexibility index (Phi) is 43.7. The number of likely N-dealkylation sites (tertiary alicyclic amines) is 3. The van der Waals surface area contributed by atoms with Crippen LogP contribution in [0.15, 0.2) is 24.3 Å². The standard InChI is InChI=1S/C18H29NO3.C15H21NO2.C14H23NO3.C13H21NO3.C8H16O.4CH4/c1-11(2)15-9-16(20)19(18(15)22)10-13-5-7-14(8-6-13)17(21)12(3)4;1-10(2)9-14(17)16-13-7-5-12(6-8-13)15(18)11(3)4;1-9(2)11-8-13(17)15(14(11)18)7-5-6-12(16)10(3)4;1-8(2)10-7-12(16)14(13(10)17)6-5-11(15)9(3)4;1-6(2)5-8(9)7(3)4;;;;/h11-15H,5-10H2,1-4H3;5-8,10-11H,9H2,1-4H3,(H,16,17);9-11H,5-8H2,1-4H3;8-10H,5-7H2,1-4H3;6-7H,5H2,1-4H3;4*1H4. The molecule has 7 amide bonds. The average Bonchev–Trinajstić information content (AvgIpc) is 2.93. The molecule has 4 aliphatic rings. The summed E-state index contributed by atoms with van der Waals surface area (Å²) in [6.45, 7) is 40.1. The molecular formula is C72H126N4O12. The number of anilines is 1. The summed E-state index contributed by atoms with van der Waals surface area (Å²) in [7, 11) is 0. The number of nitrogens with one attached hydrogen (secondary N) is 1. The van der Waals surface area contributed by atoms with Gasteiger partial charge in [0.15, 0.2) is 5.78 Å². The molecule has 88 heavy (non-hydrogen) atoms. The van der Waals surface area contributed by atoms with Crippen LogP contribution in [-0.4, -0.2) is 105 Å². The van der Waals surface area contributed by atoms with Gasteiger partial charge < -0.3 is 5.32 Å². The Morgan fingerprint density at radius 2 is 0.818 bits per heavy atom. The monoisotopic (exact) mass is 1240 g/mol. The fraction of sp³-hybridized carbons (Fsp3) is 0.750. The van der Waals surface area contributed by atoms with Gasteiger partial charge in [-0.1, -0.05) is 168 Å². The largest absolute Gasteiger partial charge is 0.326 e. The summed E-state index contributed by atoms with van der Waals surface area (Å²) in [5.41, 5.74) is 1.42. The van der Waals surface area contributed by atoms with Crippen molar-refractivity contribution in [2.24, 2.45) is 88.8 Å². The molecule has 0 aromatic heterocycles. The molecule has 1 aromatic rings. The van der Waals surface area contributed by atoms with Gasteiger partial charge in [-0.2, -0.15) is 0 Å². The van der Waals surface area contributed by atoms with E-state index in [4.69, 9.17) is 0 Å². The number of ketones is 5. The minimum Gasteiger partial charge on any atom is -0.326 e. The van der Waals surface area contributed by atoms with Gasteiger partial charge in [-0.15, -0.1) is 0 Å². The van der Waals surface area contributed by atoms with E-state index < -0.39 is 0 Å². The number of benzene rings is 1. The van der Waals surface area contributed by atoms with E-state index in [9.17, 15) is 57.5 Å². The third kappa shape index (κ3) is 30.3. The number of Topliss-reactive ketones (excluding diaryl/α,β-unsaturated/α-hetero) is 5. The van der Waals surface area contributed by atoms with Crippen molar-refractivity contribution in [3.05, 3.63) is 29.8 Å². The van der Waals surface area contributed by atoms with Gasteiger partial charge in [-0.3, -0.25) is 72.2 Å². The van der Waals surface area contributed by atoms with Crippen molar-refractivity contribution in [2.45, 2.75) is 245 Å². The summed E-state index contributed by atoms with van der Waals surface area (Å²) in [6.07, 6.45) is 7.26. The molecule has 3 heterocycles. The first-order valence-corrected chi connectivity index (χ1v) is 31.5. The number of imide groups is 3. The Morgan fingerprint density at radius 3 is 1.16 bits per heavy atom. The van der Waals surface area contributed by atoms with Gasteiger partial charge in [-0.05, 0) is 91.9 Å². The number of carbonyl (C=O) groups is 12. The summed E-state index contributed by atoms with van der Waals surface area (Å²) < 4.78 is 0. The van der Waals surface area contributed by atoms with Crippen LogP contribution in [0.2, 0.25) is 0 Å². The molecule has 5 rings (SSSR count). The highest BCUT2D eigenvalue weighted by atomic mass is 16.2. The van der Waals surface area contributed by atoms with Crippen molar-refractivity contribution < 1.29 is 57.5 Å². The molecule has 0 bridgehead atoms. The molecule has 1 N–H and O–H groups in total. The van der Waals surface area contributed by atoms with E-state index in [-0.39, 0.29) is 172 Å². The zero-order chi connectivity index (χ0) is 64.6. The lowest BCUT2D eigenvalue weighted by Crippen LogP contribution is -2.37. The van der Waals surface area contributed by atoms with Crippen molar-refractivity contribution in [3.63, 3.8) is 0 Å². The minimum atomic E-state index is -0.198. The number of carbonyl (C=O) groups excluding carboxylic acids is 12. The SMILES string of the molecule is C.C.C.C.CC(C)C(=O)C1CCC(CN2C(=O)CC(C(C)C)C2=O)CC1.CC(C)C(=O)CCCN1C(=O)CC(C(C)C)C1=O.CC(C)C(=O)CCN1C(=O)CC(C(C)C)C1=O.CC(C)CC(=O)C(C)C.CC(C)CC(=O)Nc1ccc(C(=O)C(C)C)cc1. The zero-order valence-corrected chi connectivity index (χ0v) is 55.3. The second-order valence-electron chi connectivity index (χ2n) is 27.1. The van der Waals surface area contributed by atoms with E-state index in [2.05, 4.69) is 19.2 Å². The molecule has 0 radical (unpaired) electrons. The Labute approximate surface area is 534 Å². The van der Waals surface area contributed by atoms with Crippen LogP contribution in [0.1, 0.15) is 256 Å². The van der Waals surface area contributed by atoms with Gasteiger partial charge in [0.1, 0.15) is 23.1 Å². The maximum Gasteiger partial charge on any atom is 0.233 e. The summed E-state index contributed by atoms with van der Waals surface area (Å²) in [5.74, 6) is 2.58. The summed E-state index contributed by atoms with van der Waals surface area (Å²) in [5, 5.41) is 2.82. The number of rotatable bonds is 24. The maximum atomic E-state index is 12.3. The van der Waals surface area contributed by atoms with Crippen LogP contribution in [0.5, 0.6) is 0 Å². The predicted octanol–water partition coefficient (Wildman–Crippen LogP) is 15.0. The molecule has 3 unspecified atom stereocenters. The number of hydrogen-bond donors (Lipinski definition) is 1. The predicted molar refractivity (Wildman–Crippen MR) is 358 cm³/mol. The fourth-order valence-corrected chi connectivity index (χ4v) is 10.2. The van der Waals surface area contributed by atoms with Crippen LogP contribution < -0.4 is 5.32 Å². The lowest BCUT2D eigenvalue weighted by molar-refractivity contribution is -0.142. The average molecular weight is 1240 g/mol. The number of amides is 7. The highest BCUT2D eigenvalue weighted by Gasteiger charge is 2.43. The van der Waals surface area contributed by atoms with Crippen molar-refractivity contribution in [2.75, 3.05) is 25.0 Å². The quantitative estimate of drug-likeness (QED) is 0.0753. The molecule has 506 valence electrons. The topological polar surface area (TPSA) is 227 Å². The molecule has 1 saturated carbocycles. The minimum absolute atomic E-state index is 0. The van der Waals surface area contributed by atoms with Crippen molar-refractivity contribution >= 4 is 76.0 Å². The first kappa shape index (κ1) is 88.9. The number of nitrogens with zero attached hydrogens (tertiary/aromatic N) is 3. The Hall–Kier alpha value is -5.54. The highest BCUT2D eigenvalue weighted by molar-refractivity contribution is 6.05. The van der Waals surface area contributed by atoms with Crippen LogP contribution >= 0.6 is 0 Å². The van der Waals surface area contributed by atoms with Crippen molar-refractivity contribution in [3.8, 4) is 0 Å². The van der Waals surface area contributed by atoms with Crippen molar-refractivity contribution in [1.29, 1.82) is 0 Å². The third-order valence-corrected chi connectivity index (χ3v) is 16.0. The lowest BCUT2D eigenvalue weighted by Gasteiger charge is -2.30. The molecule has 0 spiro atoms. The molecule has 16 heteroatoms. The van der Waals surface area contributed by atoms with E-state index in [0.717, 1.165) is 37.8 Å². The van der Waals surface area contributed by atoms with Crippen LogP contribution in [0.25, 0.3) is 0 Å². The van der Waals surface area contributed by atoms with E-state index >= 15 is 0 Å². The molecule has 3 saturated heterocycles. The molecule has 1 aliphatic carbocycles. The number of hydrogen-bond acceptors (Lipinski definition) is 12. The Bertz CT molecular complexity index is 2370. The van der Waals surface area contributed by atoms with E-state index in [0.29, 0.717) is 86.5 Å². The van der Waals surface area contributed by atoms with E-state index in [1.54, 1.807) is 24.3 Å². The van der Waals surface area contributed by atoms with Crippen LogP contribution in [0.3, 0.4) is 0 Å². The van der Waals surface area contributed by atoms with Gasteiger partial charge in [0.05, 0.1) is 0 Å². The molecular weight excluding hydrogens is 1110 g/mol. The lowest BCUT2D eigenvalue weighted by atomic mass is 9.77. The van der Waals surface area contributed by atoms with Crippen LogP contribution in [0, 0.1) is 88.8 Å². The Balaban J connectivity index is -0.000000505. The molecule has 3 atom stereocenters. The zero-order valence-electron chi connectivity index (χ0n) is 55.3. The highest BCUT2D eigenvalue weighted by Crippen LogP contribution is 2.34. The summed E-state index contributed by atoms with van der Waals surface area (Å²) in [4.78, 5) is 145. The van der Waals surface area contributed by atoms with Crippen LogP contribution in [-0.2, 0) is 52.7 Å². The fourth-order valence-electron chi connectivity index (χ4n) is 10.2. The molecule has 16 nitrogen and oxygen atoms in total. The summed E-state index contributed by atoms with van der Waals surface area (Å²) >= 11 is 0. The van der Waals surface area contributed by atoms with Gasteiger partial charge in [-0.25, -0.2) is 0 Å². The van der Waals surface area contributed by atoms with Crippen LogP contribution in [0.4, 0.5) is 5.69 Å². The first-order valence-electron chi connectivity index (χ1n) is 31.5. The smallest absolute Gasteiger partial charge is 0.233 e. The second kappa shape index (κ2) is 43.2. The molecule has 3 aliphatic heterocycles. The van der Waals surface area contributed by atoms with E-state index in [1.807, 2.05) is 125 Å². The Morgan fingerprint density at radius 1 is 0.443 bits per heavy atom.